The molecular weight excluding hydrogens is 338 g/mol. The van der Waals surface area contributed by atoms with Gasteiger partial charge in [-0.15, -0.1) is 11.3 Å². The highest BCUT2D eigenvalue weighted by atomic mass is 32.1. The van der Waals surface area contributed by atoms with E-state index in [2.05, 4.69) is 13.8 Å². The van der Waals surface area contributed by atoms with Gasteiger partial charge in [0.15, 0.2) is 0 Å². The molecule has 1 aromatic carbocycles. The van der Waals surface area contributed by atoms with Crippen molar-refractivity contribution in [1.82, 2.24) is 0 Å². The van der Waals surface area contributed by atoms with Crippen molar-refractivity contribution >= 4 is 17.3 Å². The molecule has 0 saturated carbocycles. The molecule has 6 heteroatoms. The number of hydrogen-bond acceptors (Lipinski definition) is 5. The normalized spacial score (nSPS) is 15.7. The van der Waals surface area contributed by atoms with E-state index < -0.39 is 5.97 Å². The smallest absolute Gasteiger partial charge is 0.337 e. The van der Waals surface area contributed by atoms with Crippen LogP contribution in [0.15, 0.2) is 18.2 Å². The van der Waals surface area contributed by atoms with Gasteiger partial charge in [0, 0.05) is 10.4 Å². The Kier molecular flexibility index (Phi) is 4.86. The lowest BCUT2D eigenvalue weighted by Gasteiger charge is -2.29. The summed E-state index contributed by atoms with van der Waals surface area (Å²) in [4.78, 5) is 18.8. The maximum atomic E-state index is 12.1. The Morgan fingerprint density at radius 1 is 1.40 bits per heavy atom. The quantitative estimate of drug-likeness (QED) is 0.786. The van der Waals surface area contributed by atoms with Gasteiger partial charge < -0.3 is 9.84 Å². The molecular formula is C19H23NO4S. The molecule has 0 bridgehead atoms. The molecule has 0 amide bonds. The minimum Gasteiger partial charge on any atom is -0.496 e. The number of carboxylic acid groups (broad SMARTS) is 1. The van der Waals surface area contributed by atoms with Crippen LogP contribution < -0.4 is 10.6 Å². The van der Waals surface area contributed by atoms with Crippen LogP contribution in [0.1, 0.15) is 46.6 Å². The molecule has 3 rings (SSSR count). The van der Waals surface area contributed by atoms with Gasteiger partial charge in [-0.3, -0.25) is 4.84 Å². The molecule has 5 nitrogen and oxygen atoms in total. The lowest BCUT2D eigenvalue weighted by molar-refractivity contribution is 0.0696. The number of nitrogens with two attached hydrogens (primary N) is 1. The van der Waals surface area contributed by atoms with Gasteiger partial charge in [-0.25, -0.2) is 10.7 Å². The molecule has 0 spiro atoms. The molecule has 1 aliphatic carbocycles. The van der Waals surface area contributed by atoms with E-state index in [0.717, 1.165) is 45.7 Å². The van der Waals surface area contributed by atoms with Crippen molar-refractivity contribution < 1.29 is 19.5 Å². The molecule has 0 atom stereocenters. The van der Waals surface area contributed by atoms with E-state index in [1.165, 1.54) is 0 Å². The van der Waals surface area contributed by atoms with Gasteiger partial charge in [-0.1, -0.05) is 26.0 Å². The number of rotatable bonds is 5. The summed E-state index contributed by atoms with van der Waals surface area (Å²) in [6, 6.07) is 5.58. The Balaban J connectivity index is 2.26. The summed E-state index contributed by atoms with van der Waals surface area (Å²) in [7, 11) is 1.59. The fraction of sp³-hybridized carbons (Fsp3) is 0.421. The summed E-state index contributed by atoms with van der Waals surface area (Å²) in [5.41, 5.74) is 3.07. The third-order valence-electron chi connectivity index (χ3n) is 4.79. The monoisotopic (exact) mass is 361 g/mol. The third kappa shape index (κ3) is 3.29. The van der Waals surface area contributed by atoms with Crippen molar-refractivity contribution in [2.45, 2.75) is 39.7 Å². The van der Waals surface area contributed by atoms with Gasteiger partial charge in [-0.2, -0.15) is 0 Å². The topological polar surface area (TPSA) is 81.8 Å². The Hall–Kier alpha value is -1.89. The van der Waals surface area contributed by atoms with E-state index in [1.807, 2.05) is 18.2 Å². The standard InChI is InChI=1S/C19H23NO4S/c1-19(2)8-7-14-12(9-19)16(18(21)22)17(25-14)15-11(10-24-20)5-4-6-13(15)23-3/h4-6H,7-10,20H2,1-3H3,(H,21,22). The molecule has 0 aliphatic heterocycles. The Bertz CT molecular complexity index is 810. The highest BCUT2D eigenvalue weighted by Crippen LogP contribution is 2.48. The van der Waals surface area contributed by atoms with Crippen LogP contribution in [0, 0.1) is 5.41 Å². The van der Waals surface area contributed by atoms with Gasteiger partial charge in [0.2, 0.25) is 0 Å². The number of hydrogen-bond donors (Lipinski definition) is 2. The number of carbonyl (C=O) groups is 1. The summed E-state index contributed by atoms with van der Waals surface area (Å²) < 4.78 is 5.51. The lowest BCUT2D eigenvalue weighted by atomic mass is 9.76. The van der Waals surface area contributed by atoms with Gasteiger partial charge in [0.05, 0.1) is 24.2 Å². The molecule has 0 fully saturated rings. The highest BCUT2D eigenvalue weighted by molar-refractivity contribution is 7.16. The average molecular weight is 361 g/mol. The predicted molar refractivity (Wildman–Crippen MR) is 98.0 cm³/mol. The maximum absolute atomic E-state index is 12.1. The van der Waals surface area contributed by atoms with E-state index in [9.17, 15) is 9.90 Å². The Labute approximate surface area is 151 Å². The zero-order valence-electron chi connectivity index (χ0n) is 14.7. The van der Waals surface area contributed by atoms with Crippen LogP contribution in [0.25, 0.3) is 10.4 Å². The molecule has 0 saturated heterocycles. The van der Waals surface area contributed by atoms with Crippen molar-refractivity contribution in [2.75, 3.05) is 7.11 Å². The summed E-state index contributed by atoms with van der Waals surface area (Å²) in [5, 5.41) is 9.94. The van der Waals surface area contributed by atoms with Crippen LogP contribution in [0.5, 0.6) is 5.75 Å². The first kappa shape index (κ1) is 17.9. The second-order valence-electron chi connectivity index (χ2n) is 7.16. The first-order chi connectivity index (χ1) is 11.9. The largest absolute Gasteiger partial charge is 0.496 e. The highest BCUT2D eigenvalue weighted by Gasteiger charge is 2.34. The molecule has 3 N–H and O–H groups in total. The van der Waals surface area contributed by atoms with Crippen molar-refractivity contribution in [3.8, 4) is 16.2 Å². The van der Waals surface area contributed by atoms with Gasteiger partial charge in [0.25, 0.3) is 0 Å². The van der Waals surface area contributed by atoms with E-state index in [-0.39, 0.29) is 12.0 Å². The van der Waals surface area contributed by atoms with Gasteiger partial charge in [0.1, 0.15) is 5.75 Å². The molecule has 1 heterocycles. The van der Waals surface area contributed by atoms with E-state index >= 15 is 0 Å². The Morgan fingerprint density at radius 3 is 2.80 bits per heavy atom. The first-order valence-corrected chi connectivity index (χ1v) is 9.05. The molecule has 2 aromatic rings. The zero-order chi connectivity index (χ0) is 18.2. The van der Waals surface area contributed by atoms with Gasteiger partial charge >= 0.3 is 5.97 Å². The van der Waals surface area contributed by atoms with E-state index in [0.29, 0.717) is 11.3 Å². The summed E-state index contributed by atoms with van der Waals surface area (Å²) in [6.07, 6.45) is 2.74. The van der Waals surface area contributed by atoms with Crippen molar-refractivity contribution in [1.29, 1.82) is 0 Å². The van der Waals surface area contributed by atoms with E-state index in [4.69, 9.17) is 15.5 Å². The van der Waals surface area contributed by atoms with Gasteiger partial charge in [-0.05, 0) is 41.9 Å². The van der Waals surface area contributed by atoms with Crippen molar-refractivity contribution in [3.05, 3.63) is 39.8 Å². The zero-order valence-corrected chi connectivity index (χ0v) is 15.5. The third-order valence-corrected chi connectivity index (χ3v) is 6.10. The predicted octanol–water partition coefficient (Wildman–Crippen LogP) is 4.03. The van der Waals surface area contributed by atoms with Crippen molar-refractivity contribution in [3.63, 3.8) is 0 Å². The lowest BCUT2D eigenvalue weighted by Crippen LogP contribution is -2.22. The van der Waals surface area contributed by atoms with Crippen LogP contribution >= 0.6 is 11.3 Å². The Morgan fingerprint density at radius 2 is 2.16 bits per heavy atom. The average Bonchev–Trinajstić information content (AvgIpc) is 2.91. The number of methoxy groups -OCH3 is 1. The number of carboxylic acids is 1. The second-order valence-corrected chi connectivity index (χ2v) is 8.26. The van der Waals surface area contributed by atoms with Crippen LogP contribution in [0.3, 0.4) is 0 Å². The number of aryl methyl sites for hydroxylation is 1. The van der Waals surface area contributed by atoms with Crippen LogP contribution in [-0.2, 0) is 24.3 Å². The second kappa shape index (κ2) is 6.78. The number of aromatic carboxylic acids is 1. The molecule has 1 aromatic heterocycles. The van der Waals surface area contributed by atoms with Crippen molar-refractivity contribution in [2.24, 2.45) is 11.3 Å². The number of fused-ring (bicyclic) bond motifs is 1. The summed E-state index contributed by atoms with van der Waals surface area (Å²) in [5.74, 6) is 5.02. The number of thiophene rings is 1. The number of benzene rings is 1. The molecule has 134 valence electrons. The fourth-order valence-corrected chi connectivity index (χ4v) is 4.93. The van der Waals surface area contributed by atoms with Crippen LogP contribution in [0.2, 0.25) is 0 Å². The molecule has 0 radical (unpaired) electrons. The molecule has 1 aliphatic rings. The first-order valence-electron chi connectivity index (χ1n) is 8.23. The SMILES string of the molecule is COc1cccc(CON)c1-c1sc2c(c1C(=O)O)CC(C)(C)CC2. The fourth-order valence-electron chi connectivity index (χ4n) is 3.54. The minimum atomic E-state index is -0.893. The minimum absolute atomic E-state index is 0.111. The summed E-state index contributed by atoms with van der Waals surface area (Å²) in [6.45, 7) is 4.57. The molecule has 0 unspecified atom stereocenters. The maximum Gasteiger partial charge on any atom is 0.337 e. The van der Waals surface area contributed by atoms with Crippen LogP contribution in [-0.4, -0.2) is 18.2 Å². The molecule has 25 heavy (non-hydrogen) atoms. The van der Waals surface area contributed by atoms with E-state index in [1.54, 1.807) is 18.4 Å². The van der Waals surface area contributed by atoms with Crippen LogP contribution in [0.4, 0.5) is 0 Å². The summed E-state index contributed by atoms with van der Waals surface area (Å²) >= 11 is 1.56. The number of ether oxygens (including phenoxy) is 1.